The molecule has 0 fully saturated rings. The molecule has 0 spiro atoms. The van der Waals surface area contributed by atoms with Gasteiger partial charge in [0.15, 0.2) is 0 Å². The number of rotatable bonds is 5. The van der Waals surface area contributed by atoms with E-state index in [1.165, 1.54) is 11.8 Å². The van der Waals surface area contributed by atoms with E-state index in [2.05, 4.69) is 126 Å². The molecule has 0 amide bonds. The van der Waals surface area contributed by atoms with Crippen LogP contribution in [0.1, 0.15) is 15.2 Å². The van der Waals surface area contributed by atoms with E-state index in [1.807, 2.05) is 42.5 Å². The molecular formula is C46H33IrN3O-2. The summed E-state index contributed by atoms with van der Waals surface area (Å²) in [7, 11) is 0. The Kier molecular flexibility index (Phi) is 8.79. The molecule has 3 aromatic heterocycles. The average molecular weight is 839 g/mol. The number of hydrogen-bond acceptors (Lipinski definition) is 3. The number of hydrogen-bond donors (Lipinski definition) is 0. The van der Waals surface area contributed by atoms with Crippen LogP contribution in [0.5, 0.6) is 0 Å². The minimum atomic E-state index is -2.09. The maximum Gasteiger partial charge on any atom is 0.0774 e. The number of fused-ring (bicyclic) bond motifs is 2. The second-order valence-electron chi connectivity index (χ2n) is 12.0. The normalized spacial score (nSPS) is 11.9. The summed E-state index contributed by atoms with van der Waals surface area (Å²) in [6.07, 6.45) is 4.56. The maximum atomic E-state index is 7.23. The van der Waals surface area contributed by atoms with Gasteiger partial charge < -0.3 is 14.0 Å². The summed E-state index contributed by atoms with van der Waals surface area (Å²) in [5.74, 6) is 0.810. The fourth-order valence-corrected chi connectivity index (χ4v) is 6.31. The Morgan fingerprint density at radius 1 is 0.686 bits per heavy atom. The van der Waals surface area contributed by atoms with Gasteiger partial charge in [-0.3, -0.25) is 4.98 Å². The van der Waals surface area contributed by atoms with E-state index in [0.29, 0.717) is 0 Å². The molecule has 0 aliphatic heterocycles. The molecule has 0 N–H and O–H groups in total. The van der Waals surface area contributed by atoms with E-state index in [0.717, 1.165) is 72.6 Å². The summed E-state index contributed by atoms with van der Waals surface area (Å²) in [4.78, 5) is 9.27. The van der Waals surface area contributed by atoms with Crippen molar-refractivity contribution in [2.75, 3.05) is 0 Å². The van der Waals surface area contributed by atoms with Crippen molar-refractivity contribution in [2.45, 2.75) is 13.8 Å². The van der Waals surface area contributed by atoms with E-state index < -0.39 is 6.85 Å². The van der Waals surface area contributed by atoms with Crippen LogP contribution < -0.4 is 0 Å². The predicted octanol–water partition coefficient (Wildman–Crippen LogP) is 11.7. The van der Waals surface area contributed by atoms with Gasteiger partial charge in [0.25, 0.3) is 0 Å². The van der Waals surface area contributed by atoms with Crippen LogP contribution in [0.2, 0.25) is 0 Å². The van der Waals surface area contributed by atoms with Crippen molar-refractivity contribution in [3.63, 3.8) is 0 Å². The molecule has 6 aromatic carbocycles. The van der Waals surface area contributed by atoms with Gasteiger partial charge in [-0.2, -0.15) is 0 Å². The second-order valence-corrected chi connectivity index (χ2v) is 12.0. The van der Waals surface area contributed by atoms with Gasteiger partial charge in [-0.05, 0) is 66.0 Å². The number of aromatic nitrogens is 3. The van der Waals surface area contributed by atoms with E-state index >= 15 is 0 Å². The molecule has 4 nitrogen and oxygen atoms in total. The number of para-hydroxylation sites is 3. The molecule has 9 aromatic rings. The summed E-state index contributed by atoms with van der Waals surface area (Å²) >= 11 is 0. The standard InChI is InChI=1S/C34H23N2O.C12H10N.Ir/c1-23-20-27(24-12-4-2-5-13-24)33(28(21-23)25-14-6-3-7-15-25)36-31-18-10-9-17-30(31)35-34(36)29-22-37-32-19-11-8-16-26(29)32;1-10-7-8-12(13-9-10)11-5-3-2-4-6-11;/h2-21H,1H3;2-5,7-9H,1H3;/q2*-1;/i;1D3;. The van der Waals surface area contributed by atoms with Crippen LogP contribution in [-0.4, -0.2) is 14.5 Å². The molecular weight excluding hydrogens is 803 g/mol. The van der Waals surface area contributed by atoms with Crippen molar-refractivity contribution in [2.24, 2.45) is 0 Å². The molecule has 9 rings (SSSR count). The minimum Gasteiger partial charge on any atom is -0.557 e. The zero-order valence-electron chi connectivity index (χ0n) is 30.7. The molecule has 1 radical (unpaired) electrons. The number of nitrogens with zero attached hydrogens (tertiary/aromatic N) is 3. The Balaban J connectivity index is 0.000000223. The molecule has 0 saturated heterocycles. The average Bonchev–Trinajstić information content (AvgIpc) is 3.80. The summed E-state index contributed by atoms with van der Waals surface area (Å²) in [6, 6.07) is 55.8. The van der Waals surface area contributed by atoms with Gasteiger partial charge in [-0.15, -0.1) is 42.0 Å². The number of pyridine rings is 1. The van der Waals surface area contributed by atoms with Crippen LogP contribution in [0.3, 0.4) is 0 Å². The van der Waals surface area contributed by atoms with Crippen molar-refractivity contribution < 1.29 is 28.6 Å². The molecule has 0 bridgehead atoms. The van der Waals surface area contributed by atoms with Crippen LogP contribution in [0.15, 0.2) is 168 Å². The zero-order valence-corrected chi connectivity index (χ0v) is 30.1. The van der Waals surface area contributed by atoms with Gasteiger partial charge in [0.05, 0.1) is 22.5 Å². The molecule has 51 heavy (non-hydrogen) atoms. The number of imidazole rings is 1. The van der Waals surface area contributed by atoms with Crippen LogP contribution in [0.4, 0.5) is 0 Å². The molecule has 3 heterocycles. The van der Waals surface area contributed by atoms with Crippen LogP contribution in [0, 0.1) is 26.1 Å². The quantitative estimate of drug-likeness (QED) is 0.162. The molecule has 0 atom stereocenters. The first-order valence-electron chi connectivity index (χ1n) is 17.9. The van der Waals surface area contributed by atoms with E-state index in [4.69, 9.17) is 13.5 Å². The summed E-state index contributed by atoms with van der Waals surface area (Å²) in [5, 5.41) is 0.994. The van der Waals surface area contributed by atoms with Crippen LogP contribution in [-0.2, 0) is 20.1 Å². The van der Waals surface area contributed by atoms with Crippen molar-refractivity contribution in [3.05, 3.63) is 187 Å². The van der Waals surface area contributed by atoms with E-state index in [1.54, 1.807) is 18.2 Å². The van der Waals surface area contributed by atoms with E-state index in [9.17, 15) is 0 Å². The van der Waals surface area contributed by atoms with Gasteiger partial charge >= 0.3 is 0 Å². The SMILES string of the molecule is Cc1cc(-c2ccccc2)c(-n2c(-c3[c-]oc4ccccc34)nc3ccccc32)c(-c2ccccc2)c1.[2H]C([2H])([2H])c1ccc(-c2[c-]cccc2)nc1.[Ir]. The molecule has 5 heteroatoms. The first-order chi connectivity index (χ1) is 25.8. The van der Waals surface area contributed by atoms with Crippen molar-refractivity contribution in [1.29, 1.82) is 0 Å². The van der Waals surface area contributed by atoms with Gasteiger partial charge in [0.2, 0.25) is 0 Å². The summed E-state index contributed by atoms with van der Waals surface area (Å²) in [5.41, 5.74) is 12.4. The van der Waals surface area contributed by atoms with Gasteiger partial charge in [-0.1, -0.05) is 114 Å². The Hall–Kier alpha value is -5.87. The molecule has 0 aliphatic carbocycles. The monoisotopic (exact) mass is 839 g/mol. The third kappa shape index (κ3) is 6.82. The number of aryl methyl sites for hydroxylation is 2. The predicted molar refractivity (Wildman–Crippen MR) is 204 cm³/mol. The molecule has 0 saturated carbocycles. The number of furan rings is 1. The Morgan fingerprint density at radius 3 is 2.02 bits per heavy atom. The molecule has 249 valence electrons. The summed E-state index contributed by atoms with van der Waals surface area (Å²) in [6.45, 7) is 0.0683. The fraction of sp³-hybridized carbons (Fsp3) is 0.0435. The Morgan fingerprint density at radius 2 is 1.35 bits per heavy atom. The molecule has 0 aliphatic rings. The largest absolute Gasteiger partial charge is 0.557 e. The molecule has 0 unspecified atom stereocenters. The Bertz CT molecular complexity index is 2590. The van der Waals surface area contributed by atoms with Crippen LogP contribution >= 0.6 is 0 Å². The van der Waals surface area contributed by atoms with Crippen molar-refractivity contribution in [1.82, 2.24) is 14.5 Å². The van der Waals surface area contributed by atoms with E-state index in [-0.39, 0.29) is 25.7 Å². The van der Waals surface area contributed by atoms with Crippen molar-refractivity contribution in [3.8, 4) is 50.6 Å². The van der Waals surface area contributed by atoms with Gasteiger partial charge in [0.1, 0.15) is 0 Å². The maximum absolute atomic E-state index is 7.23. The smallest absolute Gasteiger partial charge is 0.0774 e. The first-order valence-corrected chi connectivity index (χ1v) is 16.4. The minimum absolute atomic E-state index is 0. The Labute approximate surface area is 315 Å². The third-order valence-electron chi connectivity index (χ3n) is 8.60. The topological polar surface area (TPSA) is 43.9 Å². The van der Waals surface area contributed by atoms with Gasteiger partial charge in [-0.25, -0.2) is 0 Å². The van der Waals surface area contributed by atoms with Crippen molar-refractivity contribution >= 4 is 22.0 Å². The first kappa shape index (κ1) is 30.0. The second kappa shape index (κ2) is 14.9. The van der Waals surface area contributed by atoms with Gasteiger partial charge in [0, 0.05) is 53.4 Å². The zero-order chi connectivity index (χ0) is 36.4. The summed E-state index contributed by atoms with van der Waals surface area (Å²) < 4.78 is 29.8. The third-order valence-corrected chi connectivity index (χ3v) is 8.60. The fourth-order valence-electron chi connectivity index (χ4n) is 6.31. The van der Waals surface area contributed by atoms with Crippen LogP contribution in [0.25, 0.3) is 72.6 Å². The number of benzene rings is 6.